The molecule has 1 aromatic heterocycles. The number of benzene rings is 1. The molecule has 4 aliphatic carbocycles. The Balaban J connectivity index is 1.22. The number of ether oxygens (including phenoxy) is 1. The van der Waals surface area contributed by atoms with E-state index < -0.39 is 46.4 Å². The molecule has 10 nitrogen and oxygen atoms in total. The average Bonchev–Trinajstić information content (AvgIpc) is 3.30. The number of halogens is 3. The van der Waals surface area contributed by atoms with Crippen molar-refractivity contribution in [1.82, 2.24) is 20.2 Å². The van der Waals surface area contributed by atoms with Gasteiger partial charge in [-0.05, 0) is 87.2 Å². The van der Waals surface area contributed by atoms with Gasteiger partial charge in [0.1, 0.15) is 5.54 Å². The molecule has 0 radical (unpaired) electrons. The maximum Gasteiger partial charge on any atom is 0.434 e. The van der Waals surface area contributed by atoms with Gasteiger partial charge in [0.25, 0.3) is 5.91 Å². The number of methoxy groups -OCH3 is 1. The number of hydrogen-bond donors (Lipinski definition) is 2. The van der Waals surface area contributed by atoms with Crippen molar-refractivity contribution in [3.63, 3.8) is 0 Å². The van der Waals surface area contributed by atoms with Gasteiger partial charge in [-0.15, -0.1) is 0 Å². The average molecular weight is 628 g/mol. The minimum atomic E-state index is -5.00. The number of aliphatic carboxylic acids is 1. The number of nitrogens with one attached hydrogen (secondary N) is 1. The molecule has 5 fully saturated rings. The number of piperidine rings is 1. The van der Waals surface area contributed by atoms with Gasteiger partial charge in [0.2, 0.25) is 5.95 Å². The predicted octanol–water partition coefficient (Wildman–Crippen LogP) is 5.06. The monoisotopic (exact) mass is 627 g/mol. The number of carbonyl (C=O) groups is 3. The fourth-order valence-electron chi connectivity index (χ4n) is 9.31. The summed E-state index contributed by atoms with van der Waals surface area (Å²) >= 11 is 0. The highest BCUT2D eigenvalue weighted by atomic mass is 19.4. The quantitative estimate of drug-likeness (QED) is 0.482. The third-order valence-corrected chi connectivity index (χ3v) is 11.3. The molecule has 1 spiro atoms. The molecule has 2 amide bonds. The van der Waals surface area contributed by atoms with E-state index in [0.717, 1.165) is 23.7 Å². The van der Waals surface area contributed by atoms with Crippen molar-refractivity contribution in [3.05, 3.63) is 46.8 Å². The molecule has 2 aliphatic heterocycles. The van der Waals surface area contributed by atoms with Crippen LogP contribution in [0.25, 0.3) is 0 Å². The van der Waals surface area contributed by atoms with E-state index in [0.29, 0.717) is 75.7 Å². The van der Waals surface area contributed by atoms with E-state index in [2.05, 4.69) is 15.3 Å². The zero-order valence-corrected chi connectivity index (χ0v) is 25.2. The Morgan fingerprint density at radius 2 is 1.69 bits per heavy atom. The summed E-state index contributed by atoms with van der Waals surface area (Å²) in [6, 6.07) is 5.73. The van der Waals surface area contributed by atoms with Gasteiger partial charge in [0.15, 0.2) is 5.69 Å². The molecule has 8 rings (SSSR count). The highest BCUT2D eigenvalue weighted by Crippen LogP contribution is 2.58. The fourth-order valence-corrected chi connectivity index (χ4v) is 9.31. The summed E-state index contributed by atoms with van der Waals surface area (Å²) in [6.45, 7) is 3.10. The number of aromatic nitrogens is 2. The molecule has 3 heterocycles. The van der Waals surface area contributed by atoms with Crippen LogP contribution in [-0.2, 0) is 21.1 Å². The van der Waals surface area contributed by atoms with E-state index in [1.54, 1.807) is 9.80 Å². The van der Waals surface area contributed by atoms with Gasteiger partial charge in [0.05, 0.1) is 12.7 Å². The van der Waals surface area contributed by atoms with Crippen LogP contribution in [0.15, 0.2) is 24.4 Å². The molecular formula is C32H36F3N5O5. The number of fused-ring (bicyclic) bond motifs is 2. The summed E-state index contributed by atoms with van der Waals surface area (Å²) in [4.78, 5) is 50.0. The second-order valence-corrected chi connectivity index (χ2v) is 13.7. The van der Waals surface area contributed by atoms with E-state index >= 15 is 0 Å². The smallest absolute Gasteiger partial charge is 0.434 e. The van der Waals surface area contributed by atoms with Crippen molar-refractivity contribution in [1.29, 1.82) is 0 Å². The van der Waals surface area contributed by atoms with Crippen molar-refractivity contribution in [2.75, 3.05) is 31.6 Å². The highest BCUT2D eigenvalue weighted by Gasteiger charge is 2.62. The van der Waals surface area contributed by atoms with E-state index in [1.165, 1.54) is 7.11 Å². The molecule has 2 N–H and O–H groups in total. The van der Waals surface area contributed by atoms with Crippen LogP contribution >= 0.6 is 0 Å². The zero-order valence-electron chi connectivity index (χ0n) is 25.2. The van der Waals surface area contributed by atoms with Gasteiger partial charge in [0, 0.05) is 36.9 Å². The molecule has 6 aliphatic rings. The van der Waals surface area contributed by atoms with E-state index in [9.17, 15) is 32.7 Å². The predicted molar refractivity (Wildman–Crippen MR) is 155 cm³/mol. The molecule has 4 saturated carbocycles. The number of carbonyl (C=O) groups excluding carboxylic acids is 2. The van der Waals surface area contributed by atoms with Crippen molar-refractivity contribution < 1.29 is 37.4 Å². The standard InChI is InChI=1S/C32H36F3N5O5/c1-17-3-4-24-23(9-17)30(5-7-39(8-6-30)29(44)45-2)16-40(24)28-36-15-22(25(37-28)32(33,34)35)26(41)38-31(27(42)43)20-11-18-10-19(13-20)14-21(31)12-18/h3-4,9,15,18-21H,5-8,10-14,16H2,1-2H3,(H,38,41)(H,42,43). The SMILES string of the molecule is COC(=O)N1CCC2(CC1)CN(c1ncc(C(=O)NC3(C(=O)O)C4CC5CC(C4)CC3C5)c(C(F)(F)F)n1)c1ccc(C)cc12. The maximum absolute atomic E-state index is 14.6. The Morgan fingerprint density at radius 1 is 1.04 bits per heavy atom. The summed E-state index contributed by atoms with van der Waals surface area (Å²) in [6.07, 6.45) is 0.245. The van der Waals surface area contributed by atoms with Gasteiger partial charge in [-0.3, -0.25) is 4.79 Å². The number of carboxylic acid groups (broad SMARTS) is 1. The zero-order chi connectivity index (χ0) is 31.9. The van der Waals surface area contributed by atoms with Crippen molar-refractivity contribution in [2.24, 2.45) is 23.7 Å². The number of rotatable bonds is 4. The van der Waals surface area contributed by atoms with Gasteiger partial charge in [-0.2, -0.15) is 13.2 Å². The Morgan fingerprint density at radius 3 is 2.27 bits per heavy atom. The third-order valence-electron chi connectivity index (χ3n) is 11.3. The molecule has 0 unspecified atom stereocenters. The molecule has 1 aromatic carbocycles. The summed E-state index contributed by atoms with van der Waals surface area (Å²) < 4.78 is 48.6. The van der Waals surface area contributed by atoms with Crippen molar-refractivity contribution in [2.45, 2.75) is 69.0 Å². The first-order valence-corrected chi connectivity index (χ1v) is 15.6. The summed E-state index contributed by atoms with van der Waals surface area (Å²) in [5, 5.41) is 13.0. The number of aryl methyl sites for hydroxylation is 1. The van der Waals surface area contributed by atoms with E-state index in [-0.39, 0.29) is 17.8 Å². The van der Waals surface area contributed by atoms with Crippen LogP contribution in [0.2, 0.25) is 0 Å². The lowest BCUT2D eigenvalue weighted by Gasteiger charge is -2.59. The summed E-state index contributed by atoms with van der Waals surface area (Å²) in [5.41, 5.74) is -1.62. The van der Waals surface area contributed by atoms with Gasteiger partial charge >= 0.3 is 18.2 Å². The first kappa shape index (κ1) is 29.8. The second kappa shape index (κ2) is 10.3. The molecule has 240 valence electrons. The third kappa shape index (κ3) is 4.63. The number of amides is 2. The lowest BCUT2D eigenvalue weighted by Crippen LogP contribution is -2.70. The first-order chi connectivity index (χ1) is 21.3. The van der Waals surface area contributed by atoms with Crippen LogP contribution in [0.5, 0.6) is 0 Å². The minimum Gasteiger partial charge on any atom is -0.479 e. The lowest BCUT2D eigenvalue weighted by molar-refractivity contribution is -0.163. The van der Waals surface area contributed by atoms with Gasteiger partial charge in [-0.25, -0.2) is 19.6 Å². The Labute approximate surface area is 258 Å². The number of alkyl halides is 3. The van der Waals surface area contributed by atoms with Crippen LogP contribution in [-0.4, -0.2) is 70.2 Å². The fraction of sp³-hybridized carbons (Fsp3) is 0.594. The van der Waals surface area contributed by atoms with Crippen LogP contribution in [0.3, 0.4) is 0 Å². The minimum absolute atomic E-state index is 0.196. The Bertz CT molecular complexity index is 1540. The first-order valence-electron chi connectivity index (χ1n) is 15.6. The van der Waals surface area contributed by atoms with Crippen molar-refractivity contribution >= 4 is 29.6 Å². The van der Waals surface area contributed by atoms with Gasteiger partial charge < -0.3 is 25.0 Å². The number of carboxylic acids is 1. The number of hydrogen-bond acceptors (Lipinski definition) is 7. The molecule has 1 saturated heterocycles. The van der Waals surface area contributed by atoms with Crippen LogP contribution in [0.4, 0.5) is 29.6 Å². The largest absolute Gasteiger partial charge is 0.479 e. The topological polar surface area (TPSA) is 125 Å². The summed E-state index contributed by atoms with van der Waals surface area (Å²) in [7, 11) is 1.33. The van der Waals surface area contributed by atoms with Crippen molar-refractivity contribution in [3.8, 4) is 0 Å². The Hall–Kier alpha value is -3.90. The van der Waals surface area contributed by atoms with Gasteiger partial charge in [-0.1, -0.05) is 17.7 Å². The van der Waals surface area contributed by atoms with E-state index in [4.69, 9.17) is 4.74 Å². The molecule has 2 aromatic rings. The summed E-state index contributed by atoms with van der Waals surface area (Å²) in [5.74, 6) is -2.36. The molecular weight excluding hydrogens is 591 g/mol. The lowest BCUT2D eigenvalue weighted by atomic mass is 9.48. The van der Waals surface area contributed by atoms with Crippen LogP contribution < -0.4 is 10.2 Å². The molecule has 4 bridgehead atoms. The molecule has 13 heteroatoms. The second-order valence-electron chi connectivity index (χ2n) is 13.7. The molecule has 0 atom stereocenters. The van der Waals surface area contributed by atoms with E-state index in [1.807, 2.05) is 25.1 Å². The van der Waals surface area contributed by atoms with Crippen LogP contribution in [0, 0.1) is 30.6 Å². The van der Waals surface area contributed by atoms with Crippen LogP contribution in [0.1, 0.15) is 72.1 Å². The molecule has 45 heavy (non-hydrogen) atoms. The maximum atomic E-state index is 14.6. The normalized spacial score (nSPS) is 29.5. The number of nitrogens with zero attached hydrogens (tertiary/aromatic N) is 4. The number of anilines is 2. The highest BCUT2D eigenvalue weighted by molar-refractivity contribution is 5.99. The Kier molecular flexibility index (Phi) is 6.83. The number of likely N-dealkylation sites (tertiary alicyclic amines) is 1.